The van der Waals surface area contributed by atoms with Crippen molar-refractivity contribution in [2.75, 3.05) is 18.1 Å². The second-order valence-electron chi connectivity index (χ2n) is 11.6. The number of fused-ring (bicyclic) bond motifs is 2. The highest BCUT2D eigenvalue weighted by Gasteiger charge is 2.46. The number of morpholine rings is 1. The van der Waals surface area contributed by atoms with Crippen LogP contribution in [-0.4, -0.2) is 59.1 Å². The molecule has 3 aliphatic rings. The van der Waals surface area contributed by atoms with Crippen LogP contribution in [0.5, 0.6) is 0 Å². The topological polar surface area (TPSA) is 87.2 Å². The molecule has 2 bridgehead atoms. The first-order valence-electron chi connectivity index (χ1n) is 13.1. The van der Waals surface area contributed by atoms with Crippen LogP contribution in [-0.2, 0) is 14.3 Å². The second kappa shape index (κ2) is 10.5. The van der Waals surface area contributed by atoms with Crippen LogP contribution >= 0.6 is 11.3 Å². The van der Waals surface area contributed by atoms with Gasteiger partial charge in [-0.3, -0.25) is 14.5 Å². The van der Waals surface area contributed by atoms with Crippen LogP contribution in [0.2, 0.25) is 0 Å². The summed E-state index contributed by atoms with van der Waals surface area (Å²) < 4.78 is 5.69. The van der Waals surface area contributed by atoms with Gasteiger partial charge < -0.3 is 14.7 Å². The molecule has 7 nitrogen and oxygen atoms in total. The molecule has 0 spiro atoms. The number of nitrogens with zero attached hydrogens (tertiary/aromatic N) is 2. The third kappa shape index (κ3) is 5.63. The predicted octanol–water partition coefficient (Wildman–Crippen LogP) is 4.78. The molecule has 3 fully saturated rings. The zero-order chi connectivity index (χ0) is 26.2. The van der Waals surface area contributed by atoms with Crippen molar-refractivity contribution in [2.24, 2.45) is 17.3 Å². The number of carboxylic acids is 1. The third-order valence-electron chi connectivity index (χ3n) is 7.50. The maximum atomic E-state index is 14.1. The molecule has 1 aliphatic carbocycles. The largest absolute Gasteiger partial charge is 0.477 e. The quantitative estimate of drug-likeness (QED) is 0.552. The van der Waals surface area contributed by atoms with Crippen LogP contribution in [0.3, 0.4) is 0 Å². The van der Waals surface area contributed by atoms with Crippen LogP contribution in [0.1, 0.15) is 87.7 Å². The third-order valence-corrected chi connectivity index (χ3v) is 8.52. The summed E-state index contributed by atoms with van der Waals surface area (Å²) in [4.78, 5) is 44.3. The van der Waals surface area contributed by atoms with Gasteiger partial charge in [0.15, 0.2) is 0 Å². The summed E-state index contributed by atoms with van der Waals surface area (Å²) in [7, 11) is 0. The number of anilines is 1. The number of hydrogen-bond donors (Lipinski definition) is 1. The first-order chi connectivity index (χ1) is 17.0. The lowest BCUT2D eigenvalue weighted by molar-refractivity contribution is -0.139. The molecule has 2 unspecified atom stereocenters. The summed E-state index contributed by atoms with van der Waals surface area (Å²) in [6, 6.07) is 0.969. The van der Waals surface area contributed by atoms with E-state index in [0.717, 1.165) is 43.4 Å². The molecule has 1 saturated carbocycles. The normalized spacial score (nSPS) is 26.3. The first kappa shape index (κ1) is 26.7. The standard InChI is InChI=1S/C28H38N2O5S/c1-6-22(26(32)29-15-20-13-19(29)16-35-20)30(25(31)18-9-7-17(2)8-10-18)23-14-21(11-12-28(3,4)5)36-24(23)27(33)34/h14,17-20,22H,6-10,13,15-16H2,1-5H3,(H,33,34)/t17-,18-,19?,20?,22-/m0/s1. The van der Waals surface area contributed by atoms with Gasteiger partial charge in [-0.2, -0.15) is 0 Å². The Morgan fingerprint density at radius 3 is 2.47 bits per heavy atom. The summed E-state index contributed by atoms with van der Waals surface area (Å²) in [5, 5.41) is 10.1. The van der Waals surface area contributed by atoms with Gasteiger partial charge in [-0.25, -0.2) is 4.79 Å². The SMILES string of the molecule is CC[C@@H](C(=O)N1CC2CC1CO2)N(c1cc(C#CC(C)(C)C)sc1C(=O)O)C(=O)[C@H]1CC[C@H](C)CC1. The van der Waals surface area contributed by atoms with Crippen LogP contribution in [0.25, 0.3) is 0 Å². The van der Waals surface area contributed by atoms with E-state index >= 15 is 0 Å². The number of thiophene rings is 1. The fourth-order valence-electron chi connectivity index (χ4n) is 5.50. The van der Waals surface area contributed by atoms with Gasteiger partial charge in [0.2, 0.25) is 11.8 Å². The highest BCUT2D eigenvalue weighted by Crippen LogP contribution is 2.38. The first-order valence-corrected chi connectivity index (χ1v) is 14.0. The Hall–Kier alpha value is -2.37. The molecule has 196 valence electrons. The fourth-order valence-corrected chi connectivity index (χ4v) is 6.34. The maximum Gasteiger partial charge on any atom is 0.348 e. The molecule has 2 amide bonds. The van der Waals surface area contributed by atoms with Gasteiger partial charge >= 0.3 is 5.97 Å². The Balaban J connectivity index is 1.75. The maximum absolute atomic E-state index is 14.1. The number of hydrogen-bond acceptors (Lipinski definition) is 5. The average Bonchev–Trinajstić information content (AvgIpc) is 3.56. The van der Waals surface area contributed by atoms with E-state index in [4.69, 9.17) is 4.74 Å². The van der Waals surface area contributed by atoms with E-state index in [9.17, 15) is 19.5 Å². The Morgan fingerprint density at radius 1 is 1.25 bits per heavy atom. The zero-order valence-electron chi connectivity index (χ0n) is 22.0. The molecule has 3 atom stereocenters. The van der Waals surface area contributed by atoms with Crippen LogP contribution in [0.4, 0.5) is 5.69 Å². The Bertz CT molecular complexity index is 1070. The van der Waals surface area contributed by atoms with Gasteiger partial charge in [0, 0.05) is 17.9 Å². The smallest absolute Gasteiger partial charge is 0.348 e. The predicted molar refractivity (Wildman–Crippen MR) is 140 cm³/mol. The van der Waals surface area contributed by atoms with Crippen molar-refractivity contribution in [3.8, 4) is 11.8 Å². The molecular weight excluding hydrogens is 476 g/mol. The summed E-state index contributed by atoms with van der Waals surface area (Å²) in [6.07, 6.45) is 4.71. The van der Waals surface area contributed by atoms with E-state index in [0.29, 0.717) is 36.1 Å². The van der Waals surface area contributed by atoms with Crippen molar-refractivity contribution in [2.45, 2.75) is 91.3 Å². The van der Waals surface area contributed by atoms with E-state index in [1.807, 2.05) is 32.6 Å². The van der Waals surface area contributed by atoms with Crippen molar-refractivity contribution < 1.29 is 24.2 Å². The highest BCUT2D eigenvalue weighted by atomic mass is 32.1. The van der Waals surface area contributed by atoms with E-state index in [2.05, 4.69) is 18.8 Å². The van der Waals surface area contributed by atoms with Crippen molar-refractivity contribution in [1.82, 2.24) is 4.90 Å². The van der Waals surface area contributed by atoms with Gasteiger partial charge in [-0.1, -0.05) is 25.7 Å². The molecule has 2 saturated heterocycles. The van der Waals surface area contributed by atoms with Gasteiger partial charge in [-0.15, -0.1) is 11.3 Å². The second-order valence-corrected chi connectivity index (χ2v) is 12.6. The van der Waals surface area contributed by atoms with E-state index in [1.54, 1.807) is 6.07 Å². The molecule has 1 N–H and O–H groups in total. The molecule has 8 heteroatoms. The molecule has 2 aliphatic heterocycles. The average molecular weight is 515 g/mol. The van der Waals surface area contributed by atoms with E-state index in [-0.39, 0.29) is 40.2 Å². The summed E-state index contributed by atoms with van der Waals surface area (Å²) in [6.45, 7) is 11.1. The fraction of sp³-hybridized carbons (Fsp3) is 0.679. The molecular formula is C28H38N2O5S. The lowest BCUT2D eigenvalue weighted by atomic mass is 9.82. The van der Waals surface area contributed by atoms with Crippen LogP contribution < -0.4 is 4.90 Å². The van der Waals surface area contributed by atoms with Crippen LogP contribution in [0.15, 0.2) is 6.07 Å². The molecule has 36 heavy (non-hydrogen) atoms. The number of carbonyl (C=O) groups is 3. The van der Waals surface area contributed by atoms with Gasteiger partial charge in [-0.05, 0) is 71.3 Å². The number of ether oxygens (including phenoxy) is 1. The molecule has 4 rings (SSSR count). The van der Waals surface area contributed by atoms with Gasteiger partial charge in [0.25, 0.3) is 0 Å². The van der Waals surface area contributed by atoms with Crippen molar-refractivity contribution in [3.05, 3.63) is 15.8 Å². The molecule has 3 heterocycles. The molecule has 1 aromatic heterocycles. The van der Waals surface area contributed by atoms with Crippen molar-refractivity contribution in [1.29, 1.82) is 0 Å². The van der Waals surface area contributed by atoms with E-state index in [1.165, 1.54) is 4.90 Å². The number of carboxylic acid groups (broad SMARTS) is 1. The van der Waals surface area contributed by atoms with Crippen molar-refractivity contribution in [3.63, 3.8) is 0 Å². The number of aromatic carboxylic acids is 1. The minimum Gasteiger partial charge on any atom is -0.477 e. The minimum atomic E-state index is -1.11. The number of carbonyl (C=O) groups excluding carboxylic acids is 2. The monoisotopic (exact) mass is 514 g/mol. The number of likely N-dealkylation sites (tertiary alicyclic amines) is 1. The molecule has 1 aromatic rings. The number of rotatable bonds is 6. The number of amides is 2. The minimum absolute atomic E-state index is 0.0265. The van der Waals surface area contributed by atoms with Gasteiger partial charge in [0.05, 0.1) is 29.3 Å². The van der Waals surface area contributed by atoms with Crippen LogP contribution in [0, 0.1) is 29.1 Å². The molecule has 0 radical (unpaired) electrons. The Morgan fingerprint density at radius 2 is 1.94 bits per heavy atom. The van der Waals surface area contributed by atoms with Crippen molar-refractivity contribution >= 4 is 34.8 Å². The Labute approximate surface area is 218 Å². The summed E-state index contributed by atoms with van der Waals surface area (Å²) in [5.74, 6) is 5.25. The molecule has 0 aromatic carbocycles. The van der Waals surface area contributed by atoms with E-state index < -0.39 is 12.0 Å². The van der Waals surface area contributed by atoms with Gasteiger partial charge in [0.1, 0.15) is 10.9 Å². The zero-order valence-corrected chi connectivity index (χ0v) is 22.8. The lowest BCUT2D eigenvalue weighted by Crippen LogP contribution is -2.55. The Kier molecular flexibility index (Phi) is 7.82. The lowest BCUT2D eigenvalue weighted by Gasteiger charge is -2.38. The summed E-state index contributed by atoms with van der Waals surface area (Å²) >= 11 is 1.07. The summed E-state index contributed by atoms with van der Waals surface area (Å²) in [5.41, 5.74) is 0.0519. The highest BCUT2D eigenvalue weighted by molar-refractivity contribution is 7.15.